The molecule has 0 aliphatic carbocycles. The SMILES string of the molecule is COC(=O)c1cc(=O)n(-c2ccc(F)cc2)cc1-c1ccc(OC)nc1. The van der Waals surface area contributed by atoms with E-state index in [0.717, 1.165) is 0 Å². The highest BCUT2D eigenvalue weighted by atomic mass is 19.1. The molecule has 0 saturated heterocycles. The van der Waals surface area contributed by atoms with Gasteiger partial charge in [0.05, 0.1) is 19.8 Å². The van der Waals surface area contributed by atoms with Crippen LogP contribution in [0.4, 0.5) is 4.39 Å². The van der Waals surface area contributed by atoms with Crippen LogP contribution in [0.25, 0.3) is 16.8 Å². The molecule has 0 aliphatic rings. The van der Waals surface area contributed by atoms with Crippen molar-refractivity contribution in [3.05, 3.63) is 76.6 Å². The number of hydrogen-bond donors (Lipinski definition) is 0. The van der Waals surface area contributed by atoms with Crippen molar-refractivity contribution < 1.29 is 18.7 Å². The highest BCUT2D eigenvalue weighted by Gasteiger charge is 2.17. The van der Waals surface area contributed by atoms with E-state index in [9.17, 15) is 14.0 Å². The minimum absolute atomic E-state index is 0.114. The van der Waals surface area contributed by atoms with Gasteiger partial charge in [0.1, 0.15) is 5.82 Å². The molecule has 0 unspecified atom stereocenters. The Bertz CT molecular complexity index is 996. The van der Waals surface area contributed by atoms with Gasteiger partial charge in [0.25, 0.3) is 5.56 Å². The average Bonchev–Trinajstić information content (AvgIpc) is 2.68. The lowest BCUT2D eigenvalue weighted by atomic mass is 10.0. The minimum atomic E-state index is -0.640. The minimum Gasteiger partial charge on any atom is -0.481 e. The van der Waals surface area contributed by atoms with Gasteiger partial charge in [-0.1, -0.05) is 0 Å². The maximum Gasteiger partial charge on any atom is 0.338 e. The van der Waals surface area contributed by atoms with Crippen LogP contribution in [0.15, 0.2) is 59.7 Å². The van der Waals surface area contributed by atoms with Gasteiger partial charge in [0.2, 0.25) is 5.88 Å². The second kappa shape index (κ2) is 7.18. The maximum atomic E-state index is 13.2. The molecular weight excluding hydrogens is 339 g/mol. The molecule has 0 saturated carbocycles. The fraction of sp³-hybridized carbons (Fsp3) is 0.105. The number of carbonyl (C=O) groups excluding carboxylic acids is 1. The number of ether oxygens (including phenoxy) is 2. The number of benzene rings is 1. The molecule has 132 valence electrons. The molecule has 0 atom stereocenters. The number of hydrogen-bond acceptors (Lipinski definition) is 5. The summed E-state index contributed by atoms with van der Waals surface area (Å²) in [5, 5.41) is 0. The van der Waals surface area contributed by atoms with Crippen LogP contribution in [0.2, 0.25) is 0 Å². The van der Waals surface area contributed by atoms with E-state index in [1.807, 2.05) is 0 Å². The molecule has 0 N–H and O–H groups in total. The van der Waals surface area contributed by atoms with Gasteiger partial charge in [0, 0.05) is 41.3 Å². The first-order chi connectivity index (χ1) is 12.5. The van der Waals surface area contributed by atoms with Crippen molar-refractivity contribution in [1.82, 2.24) is 9.55 Å². The predicted molar refractivity (Wildman–Crippen MR) is 93.1 cm³/mol. The van der Waals surface area contributed by atoms with E-state index in [1.54, 1.807) is 12.1 Å². The molecule has 2 heterocycles. The second-order valence-electron chi connectivity index (χ2n) is 5.37. The summed E-state index contributed by atoms with van der Waals surface area (Å²) < 4.78 is 24.3. The molecule has 0 radical (unpaired) electrons. The van der Waals surface area contributed by atoms with Gasteiger partial charge in [-0.15, -0.1) is 0 Å². The van der Waals surface area contributed by atoms with Crippen LogP contribution in [-0.4, -0.2) is 29.7 Å². The Labute approximate surface area is 148 Å². The summed E-state index contributed by atoms with van der Waals surface area (Å²) in [7, 11) is 2.74. The zero-order valence-electron chi connectivity index (χ0n) is 14.1. The maximum absolute atomic E-state index is 13.2. The van der Waals surface area contributed by atoms with Crippen LogP contribution in [0.5, 0.6) is 5.88 Å². The normalized spacial score (nSPS) is 10.4. The zero-order chi connectivity index (χ0) is 18.7. The van der Waals surface area contributed by atoms with Crippen molar-refractivity contribution in [2.75, 3.05) is 14.2 Å². The lowest BCUT2D eigenvalue weighted by molar-refractivity contribution is 0.0601. The summed E-state index contributed by atoms with van der Waals surface area (Å²) in [5.74, 6) is -0.632. The largest absolute Gasteiger partial charge is 0.481 e. The average molecular weight is 354 g/mol. The standard InChI is InChI=1S/C19H15FN2O4/c1-25-17-8-3-12(10-21-17)16-11-22(14-6-4-13(20)5-7-14)18(23)9-15(16)19(24)26-2/h3-11H,1-2H3. The summed E-state index contributed by atoms with van der Waals surface area (Å²) >= 11 is 0. The Balaban J connectivity index is 2.21. The van der Waals surface area contributed by atoms with E-state index in [0.29, 0.717) is 22.7 Å². The topological polar surface area (TPSA) is 70.4 Å². The van der Waals surface area contributed by atoms with Gasteiger partial charge in [0.15, 0.2) is 0 Å². The zero-order valence-corrected chi connectivity index (χ0v) is 14.1. The van der Waals surface area contributed by atoms with Crippen LogP contribution < -0.4 is 10.3 Å². The van der Waals surface area contributed by atoms with Gasteiger partial charge in [-0.2, -0.15) is 0 Å². The lowest BCUT2D eigenvalue weighted by Crippen LogP contribution is -2.20. The van der Waals surface area contributed by atoms with Gasteiger partial charge < -0.3 is 9.47 Å². The molecule has 26 heavy (non-hydrogen) atoms. The summed E-state index contributed by atoms with van der Waals surface area (Å²) in [5.41, 5.74) is 1.19. The Morgan fingerprint density at radius 3 is 2.42 bits per heavy atom. The number of nitrogens with zero attached hydrogens (tertiary/aromatic N) is 2. The molecule has 6 nitrogen and oxygen atoms in total. The number of carbonyl (C=O) groups is 1. The molecule has 0 aliphatic heterocycles. The molecule has 3 aromatic rings. The molecule has 0 fully saturated rings. The van der Waals surface area contributed by atoms with E-state index >= 15 is 0 Å². The quantitative estimate of drug-likeness (QED) is 0.674. The van der Waals surface area contributed by atoms with Crippen molar-refractivity contribution in [2.45, 2.75) is 0 Å². The first-order valence-corrected chi connectivity index (χ1v) is 7.65. The van der Waals surface area contributed by atoms with E-state index in [2.05, 4.69) is 4.98 Å². The number of rotatable bonds is 4. The number of pyridine rings is 2. The van der Waals surface area contributed by atoms with Crippen LogP contribution in [0.1, 0.15) is 10.4 Å². The molecule has 2 aromatic heterocycles. The summed E-state index contributed by atoms with van der Waals surface area (Å²) in [4.78, 5) is 28.7. The molecule has 1 aromatic carbocycles. The number of methoxy groups -OCH3 is 2. The van der Waals surface area contributed by atoms with Crippen LogP contribution in [-0.2, 0) is 4.74 Å². The summed E-state index contributed by atoms with van der Waals surface area (Å²) in [6, 6.07) is 10.0. The predicted octanol–water partition coefficient (Wildman–Crippen LogP) is 2.83. The van der Waals surface area contributed by atoms with Crippen molar-refractivity contribution in [3.63, 3.8) is 0 Å². The number of esters is 1. The summed E-state index contributed by atoms with van der Waals surface area (Å²) in [6.45, 7) is 0. The van der Waals surface area contributed by atoms with Crippen LogP contribution in [0.3, 0.4) is 0 Å². The monoisotopic (exact) mass is 354 g/mol. The van der Waals surface area contributed by atoms with Crippen LogP contribution >= 0.6 is 0 Å². The molecular formula is C19H15FN2O4. The Morgan fingerprint density at radius 2 is 1.85 bits per heavy atom. The Morgan fingerprint density at radius 1 is 1.12 bits per heavy atom. The molecule has 7 heteroatoms. The highest BCUT2D eigenvalue weighted by Crippen LogP contribution is 2.25. The fourth-order valence-corrected chi connectivity index (χ4v) is 2.51. The van der Waals surface area contributed by atoms with E-state index in [-0.39, 0.29) is 5.56 Å². The first-order valence-electron chi connectivity index (χ1n) is 7.65. The van der Waals surface area contributed by atoms with Gasteiger partial charge >= 0.3 is 5.97 Å². The summed E-state index contributed by atoms with van der Waals surface area (Å²) in [6.07, 6.45) is 3.03. The van der Waals surface area contributed by atoms with Crippen LogP contribution in [0, 0.1) is 5.82 Å². The first kappa shape index (κ1) is 17.3. The van der Waals surface area contributed by atoms with Gasteiger partial charge in [-0.3, -0.25) is 9.36 Å². The molecule has 0 amide bonds. The second-order valence-corrected chi connectivity index (χ2v) is 5.37. The van der Waals surface area contributed by atoms with Gasteiger partial charge in [-0.05, 0) is 30.3 Å². The van der Waals surface area contributed by atoms with Crippen molar-refractivity contribution in [2.24, 2.45) is 0 Å². The van der Waals surface area contributed by atoms with Crippen molar-refractivity contribution >= 4 is 5.97 Å². The lowest BCUT2D eigenvalue weighted by Gasteiger charge is -2.13. The number of halogens is 1. The Kier molecular flexibility index (Phi) is 4.79. The van der Waals surface area contributed by atoms with Crippen molar-refractivity contribution in [3.8, 4) is 22.7 Å². The highest BCUT2D eigenvalue weighted by molar-refractivity contribution is 5.97. The third-order valence-electron chi connectivity index (χ3n) is 3.82. The third kappa shape index (κ3) is 3.32. The van der Waals surface area contributed by atoms with Crippen molar-refractivity contribution in [1.29, 1.82) is 0 Å². The van der Waals surface area contributed by atoms with E-state index in [4.69, 9.17) is 9.47 Å². The number of aromatic nitrogens is 2. The molecule has 0 bridgehead atoms. The third-order valence-corrected chi connectivity index (χ3v) is 3.82. The fourth-order valence-electron chi connectivity index (χ4n) is 2.51. The smallest absolute Gasteiger partial charge is 0.338 e. The molecule has 3 rings (SSSR count). The van der Waals surface area contributed by atoms with E-state index in [1.165, 1.54) is 61.5 Å². The van der Waals surface area contributed by atoms with E-state index < -0.39 is 17.3 Å². The van der Waals surface area contributed by atoms with Gasteiger partial charge in [-0.25, -0.2) is 14.2 Å². The Hall–Kier alpha value is -3.48. The molecule has 0 spiro atoms.